The van der Waals surface area contributed by atoms with Crippen LogP contribution in [0.15, 0.2) is 47.4 Å². The zero-order valence-corrected chi connectivity index (χ0v) is 18.1. The predicted molar refractivity (Wildman–Crippen MR) is 114 cm³/mol. The van der Waals surface area contributed by atoms with E-state index in [1.165, 1.54) is 50.6 Å². The van der Waals surface area contributed by atoms with E-state index in [1.54, 1.807) is 0 Å². The Morgan fingerprint density at radius 3 is 2.34 bits per heavy atom. The van der Waals surface area contributed by atoms with E-state index in [2.05, 4.69) is 15.4 Å². The van der Waals surface area contributed by atoms with Crippen LogP contribution in [0.25, 0.3) is 0 Å². The number of hydrogen-bond donors (Lipinski definition) is 3. The minimum absolute atomic E-state index is 0.0962. The lowest BCUT2D eigenvalue weighted by atomic mass is 10.2. The van der Waals surface area contributed by atoms with Gasteiger partial charge in [0.15, 0.2) is 0 Å². The Morgan fingerprint density at radius 2 is 1.75 bits per heavy atom. The van der Waals surface area contributed by atoms with Crippen molar-refractivity contribution in [2.24, 2.45) is 0 Å². The molecule has 0 aliphatic heterocycles. The predicted octanol–water partition coefficient (Wildman–Crippen LogP) is 0.897. The van der Waals surface area contributed by atoms with Crippen LogP contribution >= 0.6 is 0 Å². The van der Waals surface area contributed by atoms with Gasteiger partial charge >= 0.3 is 0 Å². The van der Waals surface area contributed by atoms with Crippen molar-refractivity contribution in [2.45, 2.75) is 4.90 Å². The van der Waals surface area contributed by atoms with Crippen molar-refractivity contribution in [3.63, 3.8) is 0 Å². The fraction of sp³-hybridized carbons (Fsp3) is 0.263. The number of nitro groups is 1. The average molecular weight is 466 g/mol. The maximum Gasteiger partial charge on any atom is 0.271 e. The molecule has 0 aliphatic carbocycles. The molecule has 172 valence electrons. The summed E-state index contributed by atoms with van der Waals surface area (Å²) in [6.07, 6.45) is 0. The number of hydrogen-bond acceptors (Lipinski definition) is 8. The lowest BCUT2D eigenvalue weighted by Gasteiger charge is -2.12. The Labute approximate surface area is 184 Å². The number of nitrogens with zero attached hydrogens (tertiary/aromatic N) is 1. The van der Waals surface area contributed by atoms with E-state index in [0.717, 1.165) is 6.07 Å². The fourth-order valence-corrected chi connectivity index (χ4v) is 3.56. The zero-order chi connectivity index (χ0) is 23.7. The SMILES string of the molecule is COCCNC(=O)CNC(=O)c1ccc(S(=O)(=O)Nc2cc([N+](=O)[O-])ccc2OC)cc1. The van der Waals surface area contributed by atoms with E-state index in [9.17, 15) is 28.1 Å². The molecule has 2 aromatic carbocycles. The number of anilines is 1. The maximum absolute atomic E-state index is 12.7. The summed E-state index contributed by atoms with van der Waals surface area (Å²) in [7, 11) is -1.34. The number of rotatable bonds is 11. The van der Waals surface area contributed by atoms with E-state index >= 15 is 0 Å². The van der Waals surface area contributed by atoms with Gasteiger partial charge in [-0.05, 0) is 30.3 Å². The maximum atomic E-state index is 12.7. The molecule has 2 amide bonds. The van der Waals surface area contributed by atoms with Gasteiger partial charge in [0.05, 0.1) is 35.8 Å². The molecule has 2 rings (SSSR count). The highest BCUT2D eigenvalue weighted by molar-refractivity contribution is 7.92. The van der Waals surface area contributed by atoms with E-state index < -0.39 is 26.8 Å². The van der Waals surface area contributed by atoms with Crippen LogP contribution < -0.4 is 20.1 Å². The number of methoxy groups -OCH3 is 2. The molecule has 0 fully saturated rings. The third-order valence-electron chi connectivity index (χ3n) is 4.10. The Morgan fingerprint density at radius 1 is 1.06 bits per heavy atom. The third kappa shape index (κ3) is 6.65. The van der Waals surface area contributed by atoms with Gasteiger partial charge in [-0.1, -0.05) is 0 Å². The number of ether oxygens (including phenoxy) is 2. The van der Waals surface area contributed by atoms with Crippen LogP contribution in [0.1, 0.15) is 10.4 Å². The summed E-state index contributed by atoms with van der Waals surface area (Å²) in [5, 5.41) is 15.9. The minimum Gasteiger partial charge on any atom is -0.495 e. The summed E-state index contributed by atoms with van der Waals surface area (Å²) >= 11 is 0. The van der Waals surface area contributed by atoms with Crippen molar-refractivity contribution in [3.8, 4) is 5.75 Å². The number of carbonyl (C=O) groups excluding carboxylic acids is 2. The lowest BCUT2D eigenvalue weighted by molar-refractivity contribution is -0.384. The second-order valence-corrected chi connectivity index (χ2v) is 7.98. The highest BCUT2D eigenvalue weighted by Gasteiger charge is 2.20. The Balaban J connectivity index is 2.08. The second-order valence-electron chi connectivity index (χ2n) is 6.30. The summed E-state index contributed by atoms with van der Waals surface area (Å²) in [5.74, 6) is -0.868. The van der Waals surface area contributed by atoms with Crippen LogP contribution in [0.4, 0.5) is 11.4 Å². The number of benzene rings is 2. The summed E-state index contributed by atoms with van der Waals surface area (Å²) < 4.78 is 37.4. The molecule has 32 heavy (non-hydrogen) atoms. The Bertz CT molecular complexity index is 1090. The molecule has 0 radical (unpaired) electrons. The lowest BCUT2D eigenvalue weighted by Crippen LogP contribution is -2.38. The largest absolute Gasteiger partial charge is 0.495 e. The summed E-state index contributed by atoms with van der Waals surface area (Å²) in [4.78, 5) is 33.9. The van der Waals surface area contributed by atoms with Gasteiger partial charge in [0, 0.05) is 31.4 Å². The third-order valence-corrected chi connectivity index (χ3v) is 5.48. The van der Waals surface area contributed by atoms with Gasteiger partial charge < -0.3 is 20.1 Å². The van der Waals surface area contributed by atoms with Gasteiger partial charge in [-0.2, -0.15) is 0 Å². The van der Waals surface area contributed by atoms with Gasteiger partial charge in [-0.25, -0.2) is 8.42 Å². The molecular weight excluding hydrogens is 444 g/mol. The van der Waals surface area contributed by atoms with Crippen molar-refractivity contribution < 1.29 is 32.4 Å². The summed E-state index contributed by atoms with van der Waals surface area (Å²) in [6.45, 7) is 0.392. The summed E-state index contributed by atoms with van der Waals surface area (Å²) in [5.41, 5.74) is -0.286. The number of nitrogens with one attached hydrogen (secondary N) is 3. The smallest absolute Gasteiger partial charge is 0.271 e. The van der Waals surface area contributed by atoms with E-state index in [-0.39, 0.29) is 34.1 Å². The summed E-state index contributed by atoms with van der Waals surface area (Å²) in [6, 6.07) is 8.43. The van der Waals surface area contributed by atoms with Crippen molar-refractivity contribution in [3.05, 3.63) is 58.1 Å². The second kappa shape index (κ2) is 11.1. The molecule has 0 heterocycles. The van der Waals surface area contributed by atoms with Crippen LogP contribution in [0, 0.1) is 10.1 Å². The van der Waals surface area contributed by atoms with Crippen LogP contribution in [0.5, 0.6) is 5.75 Å². The van der Waals surface area contributed by atoms with Gasteiger partial charge in [0.2, 0.25) is 5.91 Å². The number of carbonyl (C=O) groups is 2. The van der Waals surface area contributed by atoms with E-state index in [0.29, 0.717) is 13.2 Å². The zero-order valence-electron chi connectivity index (χ0n) is 17.3. The van der Waals surface area contributed by atoms with Gasteiger partial charge in [0.1, 0.15) is 5.75 Å². The number of sulfonamides is 1. The molecule has 0 atom stereocenters. The standard InChI is InChI=1S/C19H22N4O8S/c1-30-10-9-20-18(24)12-21-19(25)13-3-6-15(7-4-13)32(28,29)22-16-11-14(23(26)27)5-8-17(16)31-2/h3-8,11,22H,9-10,12H2,1-2H3,(H,20,24)(H,21,25). The van der Waals surface area contributed by atoms with E-state index in [1.807, 2.05) is 0 Å². The number of nitro benzene ring substituents is 1. The molecule has 0 saturated heterocycles. The molecule has 12 nitrogen and oxygen atoms in total. The van der Waals surface area contributed by atoms with Crippen LogP contribution in [0.3, 0.4) is 0 Å². The molecule has 0 bridgehead atoms. The molecule has 0 aliphatic rings. The number of amides is 2. The van der Waals surface area contributed by atoms with Crippen molar-refractivity contribution >= 4 is 33.2 Å². The Kier molecular flexibility index (Phi) is 8.49. The van der Waals surface area contributed by atoms with Gasteiger partial charge in [-0.15, -0.1) is 0 Å². The molecular formula is C19H22N4O8S. The monoisotopic (exact) mass is 466 g/mol. The topological polar surface area (TPSA) is 166 Å². The highest BCUT2D eigenvalue weighted by Crippen LogP contribution is 2.30. The molecule has 0 spiro atoms. The van der Waals surface area contributed by atoms with Crippen LogP contribution in [-0.4, -0.2) is 59.1 Å². The quantitative estimate of drug-likeness (QED) is 0.249. The van der Waals surface area contributed by atoms with Gasteiger partial charge in [0.25, 0.3) is 21.6 Å². The first-order chi connectivity index (χ1) is 15.2. The van der Waals surface area contributed by atoms with Crippen LogP contribution in [0.2, 0.25) is 0 Å². The van der Waals surface area contributed by atoms with Crippen molar-refractivity contribution in [1.82, 2.24) is 10.6 Å². The molecule has 13 heteroatoms. The first-order valence-electron chi connectivity index (χ1n) is 9.17. The molecule has 3 N–H and O–H groups in total. The van der Waals surface area contributed by atoms with Crippen molar-refractivity contribution in [1.29, 1.82) is 0 Å². The highest BCUT2D eigenvalue weighted by atomic mass is 32.2. The number of non-ortho nitro benzene ring substituents is 1. The fourth-order valence-electron chi connectivity index (χ4n) is 2.50. The molecule has 0 unspecified atom stereocenters. The molecule has 2 aromatic rings. The van der Waals surface area contributed by atoms with Gasteiger partial charge in [-0.3, -0.25) is 24.4 Å². The first kappa shape index (κ1) is 24.6. The Hall–Kier alpha value is -3.71. The minimum atomic E-state index is -4.13. The first-order valence-corrected chi connectivity index (χ1v) is 10.7. The normalized spacial score (nSPS) is 10.8. The van der Waals surface area contributed by atoms with E-state index in [4.69, 9.17) is 9.47 Å². The molecule has 0 aromatic heterocycles. The van der Waals surface area contributed by atoms with Crippen molar-refractivity contribution in [2.75, 3.05) is 38.6 Å². The average Bonchev–Trinajstić information content (AvgIpc) is 2.77. The molecule has 0 saturated carbocycles. The van der Waals surface area contributed by atoms with Crippen LogP contribution in [-0.2, 0) is 19.6 Å².